The first-order valence-corrected chi connectivity index (χ1v) is 0.928. The molecule has 0 fully saturated rings. The van der Waals surface area contributed by atoms with Crippen LogP contribution in [0.15, 0.2) is 0 Å². The van der Waals surface area contributed by atoms with Crippen molar-refractivity contribution >= 4 is 5.97 Å². The molecule has 0 saturated carbocycles. The van der Waals surface area contributed by atoms with Crippen LogP contribution in [0.5, 0.6) is 0 Å². The maximum atomic E-state index is 9.00. The Labute approximate surface area is 115 Å². The molecule has 0 aliphatic rings. The van der Waals surface area contributed by atoms with Gasteiger partial charge in [-0.2, -0.15) is 0 Å². The van der Waals surface area contributed by atoms with E-state index in [9.17, 15) is 0 Å². The first kappa shape index (κ1) is 111. The number of carboxylic acid groups (broad SMARTS) is 1. The smallest absolute Gasteiger partial charge is 0.300 e. The Bertz CT molecular complexity index is 46.0. The van der Waals surface area contributed by atoms with Crippen LogP contribution in [-0.4, -0.2) is 11.1 Å². The molecule has 12 heavy (non-hydrogen) atoms. The Balaban J connectivity index is -0.00000000161. The number of halogens is 4. The van der Waals surface area contributed by atoms with Gasteiger partial charge < -0.3 is 97.6 Å². The van der Waals surface area contributed by atoms with Crippen LogP contribution < -0.4 is 92.5 Å². The van der Waals surface area contributed by atoms with E-state index < -0.39 is 5.97 Å². The van der Waals surface area contributed by atoms with Gasteiger partial charge in [0.15, 0.2) is 0 Å². The highest BCUT2D eigenvalue weighted by Crippen LogP contribution is 1.42. The molecular formula is C2H20Br4N4O2. The minimum absolute atomic E-state index is 0. The highest BCUT2D eigenvalue weighted by atomic mass is 79.9. The molecule has 0 heterocycles. The first-order valence-electron chi connectivity index (χ1n) is 0.928. The van der Waals surface area contributed by atoms with Crippen molar-refractivity contribution < 1.29 is 77.8 Å². The molecule has 0 amide bonds. The van der Waals surface area contributed by atoms with Crippen molar-refractivity contribution in [2.45, 2.75) is 6.92 Å². The third-order valence-corrected chi connectivity index (χ3v) is 0. The third-order valence-electron chi connectivity index (χ3n) is 0. The zero-order valence-electron chi connectivity index (χ0n) is 7.87. The van der Waals surface area contributed by atoms with Crippen LogP contribution >= 0.6 is 0 Å². The fraction of sp³-hybridized carbons (Fsp3) is 0.500. The average Bonchev–Trinajstić information content (AvgIpc) is 0.811. The molecule has 0 atom stereocenters. The maximum Gasteiger partial charge on any atom is 0.300 e. The van der Waals surface area contributed by atoms with Crippen LogP contribution in [0.1, 0.15) is 6.92 Å². The van der Waals surface area contributed by atoms with Gasteiger partial charge in [0.25, 0.3) is 5.97 Å². The van der Waals surface area contributed by atoms with Gasteiger partial charge in [0.2, 0.25) is 0 Å². The van der Waals surface area contributed by atoms with Gasteiger partial charge >= 0.3 is 0 Å². The molecule has 0 aromatic heterocycles. The fourth-order valence-electron chi connectivity index (χ4n) is 0. The van der Waals surface area contributed by atoms with Gasteiger partial charge in [0.05, 0.1) is 0 Å². The lowest BCUT2D eigenvalue weighted by Gasteiger charge is -1.59. The monoisotopic (exact) mass is 448 g/mol. The van der Waals surface area contributed by atoms with Crippen LogP contribution in [0.25, 0.3) is 0 Å². The summed E-state index contributed by atoms with van der Waals surface area (Å²) in [5, 5.41) is 7.42. The van der Waals surface area contributed by atoms with Crippen molar-refractivity contribution in [3.05, 3.63) is 0 Å². The van der Waals surface area contributed by atoms with Crippen LogP contribution in [0, 0.1) is 0 Å². The van der Waals surface area contributed by atoms with Crippen molar-refractivity contribution in [1.29, 1.82) is 0 Å². The molecule has 0 aliphatic heterocycles. The van der Waals surface area contributed by atoms with Crippen LogP contribution in [0.2, 0.25) is 0 Å². The molecule has 88 valence electrons. The first-order chi connectivity index (χ1) is 1.73. The lowest BCUT2D eigenvalue weighted by molar-refractivity contribution is -0.134. The lowest BCUT2D eigenvalue weighted by Crippen LogP contribution is -3.00. The van der Waals surface area contributed by atoms with Gasteiger partial charge in [-0.05, 0) is 0 Å². The standard InChI is InChI=1S/C2H4O2.4BrH.4H3N/c1-2(3)4;;;;;;;;/h1H3,(H,3,4);4*1H;4*1H3. The van der Waals surface area contributed by atoms with Crippen LogP contribution in [0.3, 0.4) is 0 Å². The van der Waals surface area contributed by atoms with Crippen molar-refractivity contribution in [1.82, 2.24) is 24.6 Å². The van der Waals surface area contributed by atoms with E-state index in [1.54, 1.807) is 0 Å². The molecular weight excluding hydrogens is 432 g/mol. The van der Waals surface area contributed by atoms with E-state index in [1.165, 1.54) is 0 Å². The number of carbonyl (C=O) groups is 1. The molecule has 0 bridgehead atoms. The van der Waals surface area contributed by atoms with Gasteiger partial charge in [0, 0.05) is 6.92 Å². The van der Waals surface area contributed by atoms with E-state index in [0.717, 1.165) is 6.92 Å². The summed E-state index contributed by atoms with van der Waals surface area (Å²) in [5.41, 5.74) is 0. The molecule has 0 aliphatic carbocycles. The number of aliphatic carboxylic acids is 1. The highest BCUT2D eigenvalue weighted by molar-refractivity contribution is 5.62. The van der Waals surface area contributed by atoms with Gasteiger partial charge in [-0.1, -0.05) is 0 Å². The summed E-state index contributed by atoms with van der Waals surface area (Å²) < 4.78 is 0. The number of carboxylic acids is 1. The summed E-state index contributed by atoms with van der Waals surface area (Å²) in [4.78, 5) is 9.00. The quantitative estimate of drug-likeness (QED) is 0.245. The molecule has 10 heteroatoms. The molecule has 0 rings (SSSR count). The van der Waals surface area contributed by atoms with Gasteiger partial charge in [-0.15, -0.1) is 0 Å². The van der Waals surface area contributed by atoms with Crippen molar-refractivity contribution in [3.63, 3.8) is 0 Å². The molecule has 0 unspecified atom stereocenters. The van der Waals surface area contributed by atoms with Crippen molar-refractivity contribution in [2.75, 3.05) is 0 Å². The highest BCUT2D eigenvalue weighted by Gasteiger charge is 1.65. The van der Waals surface area contributed by atoms with E-state index in [1.807, 2.05) is 0 Å². The number of quaternary nitrogens is 4. The Morgan fingerprint density at radius 1 is 0.833 bits per heavy atom. The lowest BCUT2D eigenvalue weighted by atomic mass is 10.9. The molecule has 0 aromatic carbocycles. The van der Waals surface area contributed by atoms with E-state index in [2.05, 4.69) is 0 Å². The Morgan fingerprint density at radius 2 is 0.833 bits per heavy atom. The normalized spacial score (nSPS) is 2.08. The summed E-state index contributed by atoms with van der Waals surface area (Å²) >= 11 is 0. The van der Waals surface area contributed by atoms with Crippen LogP contribution in [-0.2, 0) is 4.79 Å². The summed E-state index contributed by atoms with van der Waals surface area (Å²) in [6.07, 6.45) is 0. The third kappa shape index (κ3) is 777. The molecule has 0 spiro atoms. The zero-order valence-corrected chi connectivity index (χ0v) is 14.2. The molecule has 0 saturated heterocycles. The largest absolute Gasteiger partial charge is 1.00 e. The minimum atomic E-state index is -0.833. The summed E-state index contributed by atoms with van der Waals surface area (Å²) in [6, 6.07) is 0. The van der Waals surface area contributed by atoms with Crippen LogP contribution in [0.4, 0.5) is 0 Å². The predicted molar refractivity (Wildman–Crippen MR) is 37.2 cm³/mol. The second-order valence-electron chi connectivity index (χ2n) is 0.519. The van der Waals surface area contributed by atoms with E-state index >= 15 is 0 Å². The molecule has 0 aromatic rings. The van der Waals surface area contributed by atoms with Crippen molar-refractivity contribution in [2.24, 2.45) is 0 Å². The summed E-state index contributed by atoms with van der Waals surface area (Å²) in [5.74, 6) is -0.833. The van der Waals surface area contributed by atoms with E-state index in [-0.39, 0.29) is 92.5 Å². The Hall–Kier alpha value is 1.23. The molecule has 17 N–H and O–H groups in total. The fourth-order valence-corrected chi connectivity index (χ4v) is 0. The predicted octanol–water partition coefficient (Wildman–Crippen LogP) is -10.4. The molecule has 6 nitrogen and oxygen atoms in total. The molecule has 0 radical (unpaired) electrons. The number of hydrogen-bond donors (Lipinski definition) is 5. The van der Waals surface area contributed by atoms with Crippen molar-refractivity contribution in [3.8, 4) is 0 Å². The number of hydrogen-bond acceptors (Lipinski definition) is 1. The van der Waals surface area contributed by atoms with E-state index in [0.29, 0.717) is 0 Å². The van der Waals surface area contributed by atoms with Gasteiger partial charge in [-0.3, -0.25) is 4.79 Å². The van der Waals surface area contributed by atoms with Gasteiger partial charge in [-0.25, -0.2) is 0 Å². The van der Waals surface area contributed by atoms with Gasteiger partial charge in [0.1, 0.15) is 0 Å². The average molecular weight is 452 g/mol. The second kappa shape index (κ2) is 86.2. The number of rotatable bonds is 0. The van der Waals surface area contributed by atoms with E-state index in [4.69, 9.17) is 9.90 Å². The SMILES string of the molecule is CC(=O)O.[Br-].[Br-].[Br-].[Br-].[NH4+].[NH4+].[NH4+].[NH4+]. The maximum absolute atomic E-state index is 9.00. The summed E-state index contributed by atoms with van der Waals surface area (Å²) in [6.45, 7) is 1.08. The topological polar surface area (TPSA) is 183 Å². The Kier molecular flexibility index (Phi) is 794. The Morgan fingerprint density at radius 3 is 0.833 bits per heavy atom. The minimum Gasteiger partial charge on any atom is -1.00 e. The summed E-state index contributed by atoms with van der Waals surface area (Å²) in [7, 11) is 0. The zero-order chi connectivity index (χ0) is 3.58. The second-order valence-corrected chi connectivity index (χ2v) is 0.519.